The van der Waals surface area contributed by atoms with Crippen LogP contribution in [0.1, 0.15) is 309 Å². The van der Waals surface area contributed by atoms with Gasteiger partial charge in [-0.3, -0.25) is 9.59 Å². The van der Waals surface area contributed by atoms with Gasteiger partial charge in [-0.15, -0.1) is 0 Å². The molecule has 0 aromatic rings. The SMILES string of the molecule is CC/C=C\C/C=C\C/C=C\C/C=C\C/C=C\C/C=C\C/C=C\C/C=C\CCCCCCCCCCCCCCC(=O)OC(COC(=O)CCCCCCCCCCCCCCC/C=C\CCCCCCCCCC)COC(OCC[N+](C)(C)C)C(=O)[O-]. The predicted octanol–water partition coefficient (Wildman–Crippen LogP) is 21.2. The Kier molecular flexibility index (Phi) is 64.7. The third-order valence-corrected chi connectivity index (χ3v) is 15.5. The second-order valence-corrected chi connectivity index (χ2v) is 25.1. The first-order valence-electron chi connectivity index (χ1n) is 36.0. The molecule has 500 valence electrons. The highest BCUT2D eigenvalue weighted by Crippen LogP contribution is 2.17. The normalized spacial score (nSPS) is 13.3. The molecule has 2 atom stereocenters. The molecule has 0 N–H and O–H groups in total. The number of quaternary nitrogens is 1. The van der Waals surface area contributed by atoms with E-state index in [9.17, 15) is 19.5 Å². The van der Waals surface area contributed by atoms with Crippen molar-refractivity contribution in [3.8, 4) is 0 Å². The van der Waals surface area contributed by atoms with Crippen LogP contribution >= 0.6 is 0 Å². The summed E-state index contributed by atoms with van der Waals surface area (Å²) in [6.07, 6.45) is 91.7. The smallest absolute Gasteiger partial charge is 0.306 e. The summed E-state index contributed by atoms with van der Waals surface area (Å²) in [5, 5.41) is 11.8. The van der Waals surface area contributed by atoms with Crippen molar-refractivity contribution in [2.45, 2.75) is 322 Å². The van der Waals surface area contributed by atoms with Gasteiger partial charge in [0.1, 0.15) is 13.2 Å². The molecule has 0 saturated carbocycles. The molecule has 9 nitrogen and oxygen atoms in total. The van der Waals surface area contributed by atoms with Crippen LogP contribution in [-0.4, -0.2) is 82.3 Å². The molecule has 87 heavy (non-hydrogen) atoms. The molecule has 0 fully saturated rings. The number of ether oxygens (including phenoxy) is 4. The summed E-state index contributed by atoms with van der Waals surface area (Å²) in [6.45, 7) is 4.66. The molecule has 0 amide bonds. The van der Waals surface area contributed by atoms with Crippen LogP contribution in [0, 0.1) is 0 Å². The molecule has 0 saturated heterocycles. The van der Waals surface area contributed by atoms with E-state index in [0.717, 1.165) is 89.9 Å². The van der Waals surface area contributed by atoms with Crippen molar-refractivity contribution >= 4 is 17.9 Å². The molecular formula is C78H135NO8. The average Bonchev–Trinajstić information content (AvgIpc) is 3.57. The van der Waals surface area contributed by atoms with Crippen LogP contribution in [0.4, 0.5) is 0 Å². The Hall–Kier alpha value is -4.05. The van der Waals surface area contributed by atoms with Crippen LogP contribution in [-0.2, 0) is 33.3 Å². The van der Waals surface area contributed by atoms with Gasteiger partial charge in [0.15, 0.2) is 12.4 Å². The molecule has 0 radical (unpaired) electrons. The number of rotatable bonds is 66. The third-order valence-electron chi connectivity index (χ3n) is 15.5. The number of aliphatic carboxylic acids is 1. The third kappa shape index (κ3) is 69.3. The van der Waals surface area contributed by atoms with E-state index in [1.54, 1.807) is 0 Å². The number of unbranched alkanes of at least 4 members (excludes halogenated alkanes) is 33. The van der Waals surface area contributed by atoms with E-state index >= 15 is 0 Å². The van der Waals surface area contributed by atoms with Gasteiger partial charge in [0.05, 0.1) is 40.3 Å². The standard InChI is InChI=1S/C78H135NO8/c1-6-8-10-12-14-16-18-20-22-24-26-28-30-32-33-34-35-36-37-38-39-40-41-42-43-45-47-49-51-53-55-57-59-61-63-65-67-69-76(81)87-74(73-86-78(77(82)83)84-71-70-79(3,4)5)72-85-75(80)68-66-64-62-60-58-56-54-52-50-48-46-44-31-29-27-25-23-21-19-17-15-13-11-9-7-2/h8,10,14,16,20,22,25-28,32-33,35-36,38-39,41-42,74,78H,6-7,9,11-13,15,17-19,21,23-24,29-31,34,37,40,43-73H2,1-5H3/b10-8-,16-14-,22-20-,27-25-,28-26-,33-32-,36-35-,39-38-,42-41-. The first-order valence-corrected chi connectivity index (χ1v) is 36.0. The zero-order valence-electron chi connectivity index (χ0n) is 57.1. The van der Waals surface area contributed by atoms with Gasteiger partial charge < -0.3 is 33.3 Å². The largest absolute Gasteiger partial charge is 0.545 e. The van der Waals surface area contributed by atoms with Gasteiger partial charge in [-0.25, -0.2) is 0 Å². The van der Waals surface area contributed by atoms with Crippen molar-refractivity contribution < 1.29 is 42.9 Å². The lowest BCUT2D eigenvalue weighted by Crippen LogP contribution is -2.44. The van der Waals surface area contributed by atoms with Crippen LogP contribution < -0.4 is 5.11 Å². The number of esters is 2. The van der Waals surface area contributed by atoms with Crippen LogP contribution in [0.5, 0.6) is 0 Å². The van der Waals surface area contributed by atoms with E-state index in [4.69, 9.17) is 18.9 Å². The Bertz CT molecular complexity index is 1800. The Labute approximate surface area is 536 Å². The summed E-state index contributed by atoms with van der Waals surface area (Å²) in [4.78, 5) is 37.5. The zero-order valence-corrected chi connectivity index (χ0v) is 57.1. The molecule has 0 heterocycles. The Balaban J connectivity index is 4.12. The molecule has 0 rings (SSSR count). The van der Waals surface area contributed by atoms with Gasteiger partial charge in [0.25, 0.3) is 0 Å². The van der Waals surface area contributed by atoms with E-state index in [0.29, 0.717) is 17.4 Å². The van der Waals surface area contributed by atoms with E-state index in [-0.39, 0.29) is 38.6 Å². The quantitative estimate of drug-likeness (QED) is 0.0195. The molecule has 0 bridgehead atoms. The van der Waals surface area contributed by atoms with Gasteiger partial charge in [-0.05, 0) is 103 Å². The lowest BCUT2D eigenvalue weighted by atomic mass is 10.0. The van der Waals surface area contributed by atoms with Gasteiger partial charge in [0.2, 0.25) is 0 Å². The lowest BCUT2D eigenvalue weighted by Gasteiger charge is -2.26. The second-order valence-electron chi connectivity index (χ2n) is 25.1. The van der Waals surface area contributed by atoms with Crippen molar-refractivity contribution in [1.29, 1.82) is 0 Å². The Morgan fingerprint density at radius 3 is 0.989 bits per heavy atom. The maximum Gasteiger partial charge on any atom is 0.306 e. The number of carboxylic acid groups (broad SMARTS) is 1. The molecular weight excluding hydrogens is 1080 g/mol. The van der Waals surface area contributed by atoms with E-state index in [2.05, 4.69) is 123 Å². The minimum Gasteiger partial charge on any atom is -0.545 e. The number of nitrogens with zero attached hydrogens (tertiary/aromatic N) is 1. The summed E-state index contributed by atoms with van der Waals surface area (Å²) in [7, 11) is 5.93. The molecule has 0 aliphatic heterocycles. The predicted molar refractivity (Wildman–Crippen MR) is 370 cm³/mol. The van der Waals surface area contributed by atoms with Crippen LogP contribution in [0.2, 0.25) is 0 Å². The van der Waals surface area contributed by atoms with Crippen LogP contribution in [0.3, 0.4) is 0 Å². The Morgan fingerprint density at radius 2 is 0.655 bits per heavy atom. The fraction of sp³-hybridized carbons (Fsp3) is 0.731. The summed E-state index contributed by atoms with van der Waals surface area (Å²) in [5.41, 5.74) is 0. The molecule has 0 aromatic carbocycles. The van der Waals surface area contributed by atoms with Gasteiger partial charge >= 0.3 is 11.9 Å². The van der Waals surface area contributed by atoms with Crippen molar-refractivity contribution in [3.05, 3.63) is 109 Å². The van der Waals surface area contributed by atoms with Crippen molar-refractivity contribution in [1.82, 2.24) is 0 Å². The monoisotopic (exact) mass is 1210 g/mol. The fourth-order valence-corrected chi connectivity index (χ4v) is 10.0. The average molecular weight is 1210 g/mol. The highest BCUT2D eigenvalue weighted by molar-refractivity contribution is 5.70. The number of allylic oxidation sites excluding steroid dienone is 18. The van der Waals surface area contributed by atoms with Crippen molar-refractivity contribution in [3.63, 3.8) is 0 Å². The summed E-state index contributed by atoms with van der Waals surface area (Å²) < 4.78 is 22.8. The van der Waals surface area contributed by atoms with Gasteiger partial charge in [-0.1, -0.05) is 303 Å². The fourth-order valence-electron chi connectivity index (χ4n) is 10.0. The van der Waals surface area contributed by atoms with E-state index in [1.807, 2.05) is 21.1 Å². The first-order chi connectivity index (χ1) is 42.6. The zero-order chi connectivity index (χ0) is 63.3. The molecule has 0 aliphatic rings. The number of carbonyl (C=O) groups excluding carboxylic acids is 3. The highest BCUT2D eigenvalue weighted by Gasteiger charge is 2.22. The molecule has 9 heteroatoms. The van der Waals surface area contributed by atoms with Gasteiger partial charge in [-0.2, -0.15) is 0 Å². The van der Waals surface area contributed by atoms with Crippen LogP contribution in [0.25, 0.3) is 0 Å². The van der Waals surface area contributed by atoms with Crippen LogP contribution in [0.15, 0.2) is 109 Å². The molecule has 0 aliphatic carbocycles. The number of hydrogen-bond donors (Lipinski definition) is 0. The molecule has 2 unspecified atom stereocenters. The van der Waals surface area contributed by atoms with E-state index in [1.165, 1.54) is 186 Å². The summed E-state index contributed by atoms with van der Waals surface area (Å²) in [6, 6.07) is 0. The van der Waals surface area contributed by atoms with Crippen molar-refractivity contribution in [2.24, 2.45) is 0 Å². The molecule has 0 aromatic heterocycles. The molecule has 0 spiro atoms. The number of likely N-dealkylation sites (N-methyl/N-ethyl adjacent to an activating group) is 1. The van der Waals surface area contributed by atoms with Crippen molar-refractivity contribution in [2.75, 3.05) is 47.5 Å². The lowest BCUT2D eigenvalue weighted by molar-refractivity contribution is -0.870. The number of hydrogen-bond acceptors (Lipinski definition) is 8. The highest BCUT2D eigenvalue weighted by atomic mass is 16.7. The minimum absolute atomic E-state index is 0.144. The van der Waals surface area contributed by atoms with Gasteiger partial charge in [0, 0.05) is 12.8 Å². The maximum atomic E-state index is 12.9. The first kappa shape index (κ1) is 83.0. The summed E-state index contributed by atoms with van der Waals surface area (Å²) in [5.74, 6) is -2.28. The number of carboxylic acids is 1. The number of carbonyl (C=O) groups is 3. The van der Waals surface area contributed by atoms with E-state index < -0.39 is 24.3 Å². The minimum atomic E-state index is -1.63. The topological polar surface area (TPSA) is 111 Å². The second kappa shape index (κ2) is 67.9. The maximum absolute atomic E-state index is 12.9. The summed E-state index contributed by atoms with van der Waals surface area (Å²) >= 11 is 0. The Morgan fingerprint density at radius 1 is 0.356 bits per heavy atom.